The molecule has 0 unspecified atom stereocenters. The molecule has 1 fully saturated rings. The summed E-state index contributed by atoms with van der Waals surface area (Å²) >= 11 is 0. The molecule has 0 saturated carbocycles. The van der Waals surface area contributed by atoms with Gasteiger partial charge in [0.05, 0.1) is 7.11 Å². The van der Waals surface area contributed by atoms with Crippen LogP contribution in [0.2, 0.25) is 0 Å². The predicted octanol–water partition coefficient (Wildman–Crippen LogP) is -0.976. The van der Waals surface area contributed by atoms with Gasteiger partial charge in [-0.15, -0.1) is 0 Å². The normalized spacial score (nSPS) is 24.3. The van der Waals surface area contributed by atoms with E-state index in [1.807, 2.05) is 0 Å². The molecule has 0 aliphatic carbocycles. The minimum absolute atomic E-state index is 0.184. The number of hydrogen-bond donors (Lipinski definition) is 1. The van der Waals surface area contributed by atoms with Crippen LogP contribution in [-0.2, 0) is 14.4 Å². The zero-order valence-electron chi connectivity index (χ0n) is 6.24. The number of carbonyl (C=O) groups is 2. The van der Waals surface area contributed by atoms with Crippen molar-refractivity contribution >= 4 is 11.8 Å². The Labute approximate surface area is 64.0 Å². The number of primary amides is 1. The van der Waals surface area contributed by atoms with Gasteiger partial charge in [-0.05, 0) is 6.42 Å². The zero-order valence-corrected chi connectivity index (χ0v) is 6.24. The van der Waals surface area contributed by atoms with Crippen molar-refractivity contribution in [3.63, 3.8) is 0 Å². The molecule has 1 atom stereocenters. The summed E-state index contributed by atoms with van der Waals surface area (Å²) in [6, 6.07) is -0.576. The Morgan fingerprint density at radius 1 is 1.82 bits per heavy atom. The molecular weight excluding hydrogens is 148 g/mol. The van der Waals surface area contributed by atoms with Crippen LogP contribution in [0.25, 0.3) is 0 Å². The second-order valence-corrected chi connectivity index (χ2v) is 2.36. The summed E-state index contributed by atoms with van der Waals surface area (Å²) in [5.74, 6) is -0.700. The lowest BCUT2D eigenvalue weighted by atomic mass is 10.2. The van der Waals surface area contributed by atoms with E-state index >= 15 is 0 Å². The fourth-order valence-electron chi connectivity index (χ4n) is 1.15. The molecule has 1 rings (SSSR count). The summed E-state index contributed by atoms with van der Waals surface area (Å²) in [4.78, 5) is 26.3. The van der Waals surface area contributed by atoms with Crippen molar-refractivity contribution < 1.29 is 14.4 Å². The lowest BCUT2D eigenvalue weighted by molar-refractivity contribution is -0.180. The van der Waals surface area contributed by atoms with Crippen LogP contribution in [-0.4, -0.2) is 30.0 Å². The Morgan fingerprint density at radius 3 is 2.82 bits per heavy atom. The van der Waals surface area contributed by atoms with Crippen molar-refractivity contribution in [2.45, 2.75) is 18.9 Å². The van der Waals surface area contributed by atoms with E-state index in [9.17, 15) is 9.59 Å². The Morgan fingerprint density at radius 2 is 2.45 bits per heavy atom. The van der Waals surface area contributed by atoms with E-state index in [1.165, 1.54) is 7.11 Å². The predicted molar refractivity (Wildman–Crippen MR) is 36.1 cm³/mol. The topological polar surface area (TPSA) is 72.6 Å². The van der Waals surface area contributed by atoms with E-state index in [-0.39, 0.29) is 5.91 Å². The lowest BCUT2D eigenvalue weighted by Crippen LogP contribution is -2.41. The molecule has 2 N–H and O–H groups in total. The molecule has 1 saturated heterocycles. The quantitative estimate of drug-likeness (QED) is 0.561. The maximum atomic E-state index is 10.9. The molecule has 5 heteroatoms. The summed E-state index contributed by atoms with van der Waals surface area (Å²) in [7, 11) is 1.35. The average Bonchev–Trinajstić information content (AvgIpc) is 2.30. The van der Waals surface area contributed by atoms with Crippen LogP contribution in [0.3, 0.4) is 0 Å². The van der Waals surface area contributed by atoms with Gasteiger partial charge in [0.1, 0.15) is 6.04 Å². The van der Waals surface area contributed by atoms with E-state index in [0.717, 1.165) is 5.06 Å². The Kier molecular flexibility index (Phi) is 2.09. The van der Waals surface area contributed by atoms with E-state index in [2.05, 4.69) is 4.84 Å². The Hall–Kier alpha value is -1.10. The van der Waals surface area contributed by atoms with Crippen molar-refractivity contribution in [1.29, 1.82) is 0 Å². The molecule has 0 aromatic rings. The van der Waals surface area contributed by atoms with Crippen molar-refractivity contribution in [2.75, 3.05) is 7.11 Å². The second kappa shape index (κ2) is 2.87. The molecule has 11 heavy (non-hydrogen) atoms. The lowest BCUT2D eigenvalue weighted by Gasteiger charge is -2.18. The molecule has 0 aromatic carbocycles. The van der Waals surface area contributed by atoms with Gasteiger partial charge in [-0.3, -0.25) is 14.4 Å². The van der Waals surface area contributed by atoms with Crippen LogP contribution < -0.4 is 5.73 Å². The minimum Gasteiger partial charge on any atom is -0.368 e. The molecule has 0 radical (unpaired) electrons. The van der Waals surface area contributed by atoms with Crippen LogP contribution in [0.5, 0.6) is 0 Å². The third-order valence-electron chi connectivity index (χ3n) is 1.69. The molecule has 5 nitrogen and oxygen atoms in total. The van der Waals surface area contributed by atoms with Crippen LogP contribution in [0.15, 0.2) is 0 Å². The highest BCUT2D eigenvalue weighted by Crippen LogP contribution is 2.17. The first-order chi connectivity index (χ1) is 5.16. The van der Waals surface area contributed by atoms with Crippen molar-refractivity contribution in [1.82, 2.24) is 5.06 Å². The molecule has 1 aliphatic heterocycles. The SMILES string of the molecule is CON1C(=O)CC[C@H]1C(N)=O. The van der Waals surface area contributed by atoms with Crippen LogP contribution in [0.1, 0.15) is 12.8 Å². The van der Waals surface area contributed by atoms with E-state index in [4.69, 9.17) is 5.73 Å². The molecule has 2 amide bonds. The second-order valence-electron chi connectivity index (χ2n) is 2.36. The Balaban J connectivity index is 2.68. The van der Waals surface area contributed by atoms with Crippen LogP contribution >= 0.6 is 0 Å². The minimum atomic E-state index is -0.576. The average molecular weight is 158 g/mol. The summed E-state index contributed by atoms with van der Waals surface area (Å²) in [6.07, 6.45) is 0.795. The van der Waals surface area contributed by atoms with Crippen LogP contribution in [0.4, 0.5) is 0 Å². The van der Waals surface area contributed by atoms with Crippen molar-refractivity contribution in [3.8, 4) is 0 Å². The highest BCUT2D eigenvalue weighted by Gasteiger charge is 2.35. The van der Waals surface area contributed by atoms with E-state index in [1.54, 1.807) is 0 Å². The van der Waals surface area contributed by atoms with Crippen molar-refractivity contribution in [2.24, 2.45) is 5.73 Å². The first kappa shape index (κ1) is 8.00. The van der Waals surface area contributed by atoms with Gasteiger partial charge in [-0.1, -0.05) is 0 Å². The first-order valence-corrected chi connectivity index (χ1v) is 3.32. The van der Waals surface area contributed by atoms with E-state index < -0.39 is 11.9 Å². The summed E-state index contributed by atoms with van der Waals surface area (Å²) < 4.78 is 0. The van der Waals surface area contributed by atoms with Gasteiger partial charge >= 0.3 is 0 Å². The number of hydroxylamine groups is 2. The maximum Gasteiger partial charge on any atom is 0.246 e. The summed E-state index contributed by atoms with van der Waals surface area (Å²) in [5, 5.41) is 1.03. The third-order valence-corrected chi connectivity index (χ3v) is 1.69. The maximum absolute atomic E-state index is 10.9. The highest BCUT2D eigenvalue weighted by atomic mass is 16.7. The van der Waals surface area contributed by atoms with Gasteiger partial charge in [0.15, 0.2) is 0 Å². The molecule has 1 heterocycles. The monoisotopic (exact) mass is 158 g/mol. The van der Waals surface area contributed by atoms with Gasteiger partial charge in [0, 0.05) is 6.42 Å². The highest BCUT2D eigenvalue weighted by molar-refractivity contribution is 5.89. The number of nitrogens with zero attached hydrogens (tertiary/aromatic N) is 1. The van der Waals surface area contributed by atoms with Gasteiger partial charge in [0.25, 0.3) is 0 Å². The fraction of sp³-hybridized carbons (Fsp3) is 0.667. The van der Waals surface area contributed by atoms with Gasteiger partial charge in [0.2, 0.25) is 11.8 Å². The largest absolute Gasteiger partial charge is 0.368 e. The van der Waals surface area contributed by atoms with E-state index in [0.29, 0.717) is 12.8 Å². The zero-order chi connectivity index (χ0) is 8.43. The number of nitrogens with two attached hydrogens (primary N) is 1. The molecular formula is C6H10N2O3. The number of amides is 2. The van der Waals surface area contributed by atoms with Crippen LogP contribution in [0, 0.1) is 0 Å². The van der Waals surface area contributed by atoms with Gasteiger partial charge < -0.3 is 5.73 Å². The first-order valence-electron chi connectivity index (χ1n) is 3.32. The molecule has 0 aromatic heterocycles. The fourth-order valence-corrected chi connectivity index (χ4v) is 1.15. The number of carbonyl (C=O) groups excluding carboxylic acids is 2. The molecule has 1 aliphatic rings. The smallest absolute Gasteiger partial charge is 0.246 e. The number of rotatable bonds is 2. The third kappa shape index (κ3) is 1.32. The molecule has 0 spiro atoms. The van der Waals surface area contributed by atoms with Gasteiger partial charge in [-0.25, -0.2) is 5.06 Å². The standard InChI is InChI=1S/C6H10N2O3/c1-11-8-4(6(7)10)2-3-5(8)9/h4H,2-3H2,1H3,(H2,7,10)/t4-/m0/s1. The Bertz CT molecular complexity index is 192. The molecule has 62 valence electrons. The van der Waals surface area contributed by atoms with Crippen molar-refractivity contribution in [3.05, 3.63) is 0 Å². The number of hydrogen-bond acceptors (Lipinski definition) is 3. The molecule has 0 bridgehead atoms. The summed E-state index contributed by atoms with van der Waals surface area (Å²) in [5.41, 5.74) is 5.01. The summed E-state index contributed by atoms with van der Waals surface area (Å²) in [6.45, 7) is 0. The van der Waals surface area contributed by atoms with Gasteiger partial charge in [-0.2, -0.15) is 0 Å².